The van der Waals surface area contributed by atoms with E-state index < -0.39 is 12.0 Å². The van der Waals surface area contributed by atoms with Crippen molar-refractivity contribution < 1.29 is 19.4 Å². The maximum absolute atomic E-state index is 10.4. The normalized spacial score (nSPS) is 10.6. The van der Waals surface area contributed by atoms with Crippen molar-refractivity contribution in [3.05, 3.63) is 48.7 Å². The maximum Gasteiger partial charge on any atom is 0.320 e. The van der Waals surface area contributed by atoms with Crippen LogP contribution < -0.4 is 5.73 Å². The monoisotopic (exact) mass is 251 g/mol. The molecule has 0 aliphatic rings. The second kappa shape index (κ2) is 8.95. The molecular weight excluding hydrogens is 234 g/mol. The fourth-order valence-electron chi connectivity index (χ4n) is 1.07. The molecule has 1 unspecified atom stereocenters. The molecule has 18 heavy (non-hydrogen) atoms. The van der Waals surface area contributed by atoms with Crippen molar-refractivity contribution in [2.24, 2.45) is 5.73 Å². The zero-order chi connectivity index (χ0) is 14.0. The quantitative estimate of drug-likeness (QED) is 0.622. The summed E-state index contributed by atoms with van der Waals surface area (Å²) in [4.78, 5) is 20.1. The van der Waals surface area contributed by atoms with Gasteiger partial charge in [0.1, 0.15) is 6.04 Å². The molecule has 0 fully saturated rings. The second-order valence-electron chi connectivity index (χ2n) is 3.41. The van der Waals surface area contributed by atoms with Crippen LogP contribution in [0.4, 0.5) is 0 Å². The number of hydrogen-bond acceptors (Lipinski definition) is 4. The van der Waals surface area contributed by atoms with Crippen LogP contribution in [0.15, 0.2) is 43.2 Å². The van der Waals surface area contributed by atoms with Gasteiger partial charge in [0, 0.05) is 6.92 Å². The van der Waals surface area contributed by atoms with Gasteiger partial charge in [-0.15, -0.1) is 0 Å². The Kier molecular flexibility index (Phi) is 7.89. The first-order chi connectivity index (χ1) is 8.47. The minimum Gasteiger partial charge on any atom is -0.480 e. The van der Waals surface area contributed by atoms with E-state index in [9.17, 15) is 9.59 Å². The SMILES string of the molecule is C=COC(C)=O.NC(Cc1ccccc1)C(=O)O. The predicted molar refractivity (Wildman–Crippen MR) is 67.7 cm³/mol. The number of nitrogens with two attached hydrogens (primary N) is 1. The summed E-state index contributed by atoms with van der Waals surface area (Å²) in [5.74, 6) is -1.29. The molecule has 98 valence electrons. The third kappa shape index (κ3) is 8.06. The van der Waals surface area contributed by atoms with Crippen LogP contribution in [-0.4, -0.2) is 23.1 Å². The number of carboxylic acid groups (broad SMARTS) is 1. The summed E-state index contributed by atoms with van der Waals surface area (Å²) in [6.07, 6.45) is 1.48. The number of carboxylic acids is 1. The van der Waals surface area contributed by atoms with Crippen LogP contribution in [0.3, 0.4) is 0 Å². The molecule has 1 atom stereocenters. The van der Waals surface area contributed by atoms with Crippen molar-refractivity contribution in [2.75, 3.05) is 0 Å². The molecule has 0 radical (unpaired) electrons. The van der Waals surface area contributed by atoms with Gasteiger partial charge in [0.25, 0.3) is 0 Å². The van der Waals surface area contributed by atoms with Gasteiger partial charge in [-0.1, -0.05) is 36.9 Å². The predicted octanol–water partition coefficient (Wildman–Crippen LogP) is 1.33. The lowest BCUT2D eigenvalue weighted by Gasteiger charge is -2.04. The number of rotatable bonds is 4. The number of ether oxygens (including phenoxy) is 1. The Hall–Kier alpha value is -2.14. The third-order valence-electron chi connectivity index (χ3n) is 1.86. The first kappa shape index (κ1) is 15.9. The molecule has 3 N–H and O–H groups in total. The lowest BCUT2D eigenvalue weighted by Crippen LogP contribution is -2.32. The summed E-state index contributed by atoms with van der Waals surface area (Å²) in [5, 5.41) is 8.52. The zero-order valence-electron chi connectivity index (χ0n) is 10.2. The highest BCUT2D eigenvalue weighted by Crippen LogP contribution is 2.01. The number of esters is 1. The van der Waals surface area contributed by atoms with Crippen LogP contribution in [-0.2, 0) is 20.7 Å². The summed E-state index contributed by atoms with van der Waals surface area (Å²) in [6.45, 7) is 4.48. The van der Waals surface area contributed by atoms with Crippen molar-refractivity contribution in [1.82, 2.24) is 0 Å². The third-order valence-corrected chi connectivity index (χ3v) is 1.86. The Morgan fingerprint density at radius 2 is 2.00 bits per heavy atom. The van der Waals surface area contributed by atoms with Gasteiger partial charge in [0.2, 0.25) is 0 Å². The molecule has 1 aromatic carbocycles. The van der Waals surface area contributed by atoms with Crippen molar-refractivity contribution in [2.45, 2.75) is 19.4 Å². The molecule has 0 bridgehead atoms. The van der Waals surface area contributed by atoms with Crippen LogP contribution in [0.5, 0.6) is 0 Å². The van der Waals surface area contributed by atoms with Crippen molar-refractivity contribution in [3.63, 3.8) is 0 Å². The molecule has 0 heterocycles. The second-order valence-corrected chi connectivity index (χ2v) is 3.41. The van der Waals surface area contributed by atoms with Crippen molar-refractivity contribution in [3.8, 4) is 0 Å². The summed E-state index contributed by atoms with van der Waals surface area (Å²) in [7, 11) is 0. The van der Waals surface area contributed by atoms with E-state index in [0.717, 1.165) is 11.8 Å². The number of aliphatic carboxylic acids is 1. The topological polar surface area (TPSA) is 89.6 Å². The van der Waals surface area contributed by atoms with Gasteiger partial charge in [-0.05, 0) is 12.0 Å². The number of hydrogen-bond donors (Lipinski definition) is 2. The first-order valence-electron chi connectivity index (χ1n) is 5.27. The van der Waals surface area contributed by atoms with Crippen molar-refractivity contribution in [1.29, 1.82) is 0 Å². The van der Waals surface area contributed by atoms with E-state index in [4.69, 9.17) is 10.8 Å². The first-order valence-corrected chi connectivity index (χ1v) is 5.27. The summed E-state index contributed by atoms with van der Waals surface area (Å²) in [6, 6.07) is 8.54. The average Bonchev–Trinajstić information content (AvgIpc) is 2.30. The van der Waals surface area contributed by atoms with E-state index in [1.165, 1.54) is 6.92 Å². The van der Waals surface area contributed by atoms with E-state index in [2.05, 4.69) is 11.3 Å². The summed E-state index contributed by atoms with van der Waals surface area (Å²) >= 11 is 0. The van der Waals surface area contributed by atoms with Crippen LogP contribution in [0.2, 0.25) is 0 Å². The number of carbonyl (C=O) groups is 2. The fraction of sp³-hybridized carbons (Fsp3) is 0.231. The lowest BCUT2D eigenvalue weighted by molar-refractivity contribution is -0.138. The molecular formula is C13H17NO4. The highest BCUT2D eigenvalue weighted by atomic mass is 16.5. The molecule has 5 nitrogen and oxygen atoms in total. The zero-order valence-corrected chi connectivity index (χ0v) is 10.2. The van der Waals surface area contributed by atoms with E-state index in [1.54, 1.807) is 0 Å². The van der Waals surface area contributed by atoms with Crippen LogP contribution >= 0.6 is 0 Å². The molecule has 1 rings (SSSR count). The summed E-state index contributed by atoms with van der Waals surface area (Å²) < 4.78 is 4.17. The van der Waals surface area contributed by atoms with Crippen LogP contribution in [0, 0.1) is 0 Å². The smallest absolute Gasteiger partial charge is 0.320 e. The molecule has 0 aliphatic carbocycles. The molecule has 0 amide bonds. The minimum atomic E-state index is -0.959. The molecule has 1 aromatic rings. The maximum atomic E-state index is 10.4. The van der Waals surface area contributed by atoms with Gasteiger partial charge in [-0.3, -0.25) is 9.59 Å². The molecule has 0 saturated carbocycles. The largest absolute Gasteiger partial charge is 0.480 e. The highest BCUT2D eigenvalue weighted by Gasteiger charge is 2.10. The Labute approximate surface area is 106 Å². The average molecular weight is 251 g/mol. The molecule has 0 spiro atoms. The number of benzene rings is 1. The van der Waals surface area contributed by atoms with E-state index >= 15 is 0 Å². The van der Waals surface area contributed by atoms with E-state index in [-0.39, 0.29) is 5.97 Å². The van der Waals surface area contributed by atoms with Gasteiger partial charge in [0.05, 0.1) is 6.26 Å². The highest BCUT2D eigenvalue weighted by molar-refractivity contribution is 5.73. The van der Waals surface area contributed by atoms with E-state index in [1.807, 2.05) is 30.3 Å². The van der Waals surface area contributed by atoms with Gasteiger partial charge in [-0.25, -0.2) is 0 Å². The molecule has 5 heteroatoms. The minimum absolute atomic E-state index is 0.329. The van der Waals surface area contributed by atoms with Gasteiger partial charge < -0.3 is 15.6 Å². The Bertz CT molecular complexity index is 389. The summed E-state index contributed by atoms with van der Waals surface area (Å²) in [5.41, 5.74) is 6.30. The van der Waals surface area contributed by atoms with Crippen molar-refractivity contribution >= 4 is 11.9 Å². The molecule has 0 saturated heterocycles. The van der Waals surface area contributed by atoms with Crippen LogP contribution in [0.1, 0.15) is 12.5 Å². The Morgan fingerprint density at radius 1 is 1.44 bits per heavy atom. The van der Waals surface area contributed by atoms with E-state index in [0.29, 0.717) is 6.42 Å². The Morgan fingerprint density at radius 3 is 2.33 bits per heavy atom. The fourth-order valence-corrected chi connectivity index (χ4v) is 1.07. The molecule has 0 aromatic heterocycles. The van der Waals surface area contributed by atoms with Gasteiger partial charge in [-0.2, -0.15) is 0 Å². The van der Waals surface area contributed by atoms with Gasteiger partial charge >= 0.3 is 11.9 Å². The molecule has 0 aliphatic heterocycles. The Balaban J connectivity index is 0.000000411. The number of carbonyl (C=O) groups excluding carboxylic acids is 1. The van der Waals surface area contributed by atoms with Crippen LogP contribution in [0.25, 0.3) is 0 Å². The standard InChI is InChI=1S/C9H11NO2.C4H6O2/c10-8(9(11)12)6-7-4-2-1-3-5-7;1-3-6-4(2)5/h1-5,8H,6,10H2,(H,11,12);3H,1H2,2H3. The lowest BCUT2D eigenvalue weighted by atomic mass is 10.1. The van der Waals surface area contributed by atoms with Gasteiger partial charge in [0.15, 0.2) is 0 Å².